The number of rotatable bonds is 5. The molecule has 0 unspecified atom stereocenters. The van der Waals surface area contributed by atoms with E-state index in [1.54, 1.807) is 18.2 Å². The van der Waals surface area contributed by atoms with Crippen LogP contribution < -0.4 is 0 Å². The summed E-state index contributed by atoms with van der Waals surface area (Å²) >= 11 is 0. The second-order valence-electron chi connectivity index (χ2n) is 5.04. The lowest BCUT2D eigenvalue weighted by atomic mass is 10.1. The van der Waals surface area contributed by atoms with E-state index in [9.17, 15) is 14.3 Å². The van der Waals surface area contributed by atoms with Crippen LogP contribution in [-0.2, 0) is 12.8 Å². The Morgan fingerprint density at radius 2 is 1.74 bits per heavy atom. The maximum absolute atomic E-state index is 14.0. The number of carboxylic acid groups (broad SMARTS) is 1. The van der Waals surface area contributed by atoms with Crippen LogP contribution in [0.3, 0.4) is 0 Å². The molecule has 0 aliphatic heterocycles. The lowest BCUT2D eigenvalue weighted by molar-refractivity contribution is 0.0689. The number of halogens is 1. The van der Waals surface area contributed by atoms with Gasteiger partial charge in [0, 0.05) is 0 Å². The molecule has 0 fully saturated rings. The summed E-state index contributed by atoms with van der Waals surface area (Å²) in [6, 6.07) is 15.7. The summed E-state index contributed by atoms with van der Waals surface area (Å²) in [5, 5.41) is 16.8. The van der Waals surface area contributed by atoms with E-state index in [2.05, 4.69) is 10.3 Å². The van der Waals surface area contributed by atoms with Crippen molar-refractivity contribution in [2.75, 3.05) is 0 Å². The molecule has 0 amide bonds. The van der Waals surface area contributed by atoms with Crippen molar-refractivity contribution in [3.8, 4) is 5.69 Å². The molecule has 116 valence electrons. The first-order valence-electron chi connectivity index (χ1n) is 7.13. The predicted octanol–water partition coefficient (Wildman–Crippen LogP) is 2.89. The molecule has 3 aromatic rings. The molecule has 0 bridgehead atoms. The van der Waals surface area contributed by atoms with Crippen LogP contribution in [-0.4, -0.2) is 26.1 Å². The molecule has 6 heteroatoms. The van der Waals surface area contributed by atoms with Gasteiger partial charge in [0.15, 0.2) is 5.69 Å². The largest absolute Gasteiger partial charge is 0.476 e. The monoisotopic (exact) mass is 311 g/mol. The number of aromatic carboxylic acids is 1. The van der Waals surface area contributed by atoms with Crippen LogP contribution in [0.2, 0.25) is 0 Å². The fourth-order valence-corrected chi connectivity index (χ4v) is 2.42. The zero-order chi connectivity index (χ0) is 16.2. The Labute approximate surface area is 132 Å². The van der Waals surface area contributed by atoms with Gasteiger partial charge in [0.2, 0.25) is 0 Å². The number of aromatic nitrogens is 3. The van der Waals surface area contributed by atoms with E-state index < -0.39 is 11.8 Å². The highest BCUT2D eigenvalue weighted by atomic mass is 19.1. The minimum atomic E-state index is -1.17. The van der Waals surface area contributed by atoms with Gasteiger partial charge in [-0.1, -0.05) is 47.7 Å². The molecule has 1 aromatic heterocycles. The molecule has 0 spiro atoms. The van der Waals surface area contributed by atoms with Crippen molar-refractivity contribution in [1.29, 1.82) is 0 Å². The zero-order valence-corrected chi connectivity index (χ0v) is 12.2. The van der Waals surface area contributed by atoms with Crippen LogP contribution in [0.1, 0.15) is 21.7 Å². The molecular weight excluding hydrogens is 297 g/mol. The van der Waals surface area contributed by atoms with Crippen LogP contribution in [0, 0.1) is 5.82 Å². The first-order chi connectivity index (χ1) is 11.2. The van der Waals surface area contributed by atoms with E-state index in [-0.39, 0.29) is 11.4 Å². The number of para-hydroxylation sites is 1. The third-order valence-corrected chi connectivity index (χ3v) is 3.54. The highest BCUT2D eigenvalue weighted by Gasteiger charge is 2.21. The quantitative estimate of drug-likeness (QED) is 0.786. The first kappa shape index (κ1) is 14.9. The third kappa shape index (κ3) is 3.11. The maximum Gasteiger partial charge on any atom is 0.358 e. The van der Waals surface area contributed by atoms with Gasteiger partial charge in [-0.2, -0.15) is 0 Å². The molecule has 5 nitrogen and oxygen atoms in total. The molecule has 0 aliphatic rings. The standard InChI is InChI=1S/C17H14FN3O2/c18-13-8-4-5-9-14(13)21-15(16(17(22)23)19-20-21)11-10-12-6-2-1-3-7-12/h1-9H,10-11H2,(H,22,23). The molecule has 0 aliphatic carbocycles. The molecule has 0 radical (unpaired) electrons. The van der Waals surface area contributed by atoms with Gasteiger partial charge in [-0.05, 0) is 30.5 Å². The summed E-state index contributed by atoms with van der Waals surface area (Å²) in [5.41, 5.74) is 1.48. The molecule has 23 heavy (non-hydrogen) atoms. The fourth-order valence-electron chi connectivity index (χ4n) is 2.42. The number of carbonyl (C=O) groups is 1. The van der Waals surface area contributed by atoms with E-state index in [0.29, 0.717) is 18.5 Å². The van der Waals surface area contributed by atoms with Crippen LogP contribution >= 0.6 is 0 Å². The summed E-state index contributed by atoms with van der Waals surface area (Å²) in [5.74, 6) is -1.65. The Balaban J connectivity index is 1.98. The van der Waals surface area contributed by atoms with E-state index >= 15 is 0 Å². The van der Waals surface area contributed by atoms with Crippen LogP contribution in [0.25, 0.3) is 5.69 Å². The normalized spacial score (nSPS) is 10.7. The predicted molar refractivity (Wildman–Crippen MR) is 82.1 cm³/mol. The summed E-state index contributed by atoms with van der Waals surface area (Å²) in [7, 11) is 0. The van der Waals surface area contributed by atoms with E-state index in [0.717, 1.165) is 5.56 Å². The molecule has 0 atom stereocenters. The summed E-state index contributed by atoms with van der Waals surface area (Å²) < 4.78 is 15.3. The van der Waals surface area contributed by atoms with Crippen LogP contribution in [0.4, 0.5) is 4.39 Å². The Kier molecular flexibility index (Phi) is 4.14. The van der Waals surface area contributed by atoms with E-state index in [1.165, 1.54) is 10.7 Å². The Hall–Kier alpha value is -3.02. The summed E-state index contributed by atoms with van der Waals surface area (Å²) in [4.78, 5) is 11.4. The fraction of sp³-hybridized carbons (Fsp3) is 0.118. The van der Waals surface area contributed by atoms with Gasteiger partial charge in [-0.3, -0.25) is 0 Å². The van der Waals surface area contributed by atoms with Gasteiger partial charge in [-0.25, -0.2) is 13.9 Å². The number of hydrogen-bond acceptors (Lipinski definition) is 3. The van der Waals surface area contributed by atoms with Crippen molar-refractivity contribution < 1.29 is 14.3 Å². The highest BCUT2D eigenvalue weighted by Crippen LogP contribution is 2.18. The zero-order valence-electron chi connectivity index (χ0n) is 12.2. The number of aryl methyl sites for hydroxylation is 1. The van der Waals surface area contributed by atoms with Crippen LogP contribution in [0.5, 0.6) is 0 Å². The molecule has 0 saturated heterocycles. The number of benzene rings is 2. The number of nitrogens with zero attached hydrogens (tertiary/aromatic N) is 3. The summed E-state index contributed by atoms with van der Waals surface area (Å²) in [6.45, 7) is 0. The molecule has 3 rings (SSSR count). The van der Waals surface area contributed by atoms with Crippen molar-refractivity contribution in [2.45, 2.75) is 12.8 Å². The van der Waals surface area contributed by atoms with E-state index in [4.69, 9.17) is 0 Å². The van der Waals surface area contributed by atoms with Crippen molar-refractivity contribution in [2.24, 2.45) is 0 Å². The summed E-state index contributed by atoms with van der Waals surface area (Å²) in [6.07, 6.45) is 1.01. The maximum atomic E-state index is 14.0. The second kappa shape index (κ2) is 6.39. The Morgan fingerprint density at radius 1 is 1.04 bits per heavy atom. The molecule has 1 heterocycles. The van der Waals surface area contributed by atoms with Crippen molar-refractivity contribution in [3.63, 3.8) is 0 Å². The molecule has 2 aromatic carbocycles. The average Bonchev–Trinajstić information content (AvgIpc) is 2.98. The van der Waals surface area contributed by atoms with Gasteiger partial charge >= 0.3 is 5.97 Å². The lowest BCUT2D eigenvalue weighted by Crippen LogP contribution is -2.09. The molecular formula is C17H14FN3O2. The van der Waals surface area contributed by atoms with Gasteiger partial charge in [0.25, 0.3) is 0 Å². The topological polar surface area (TPSA) is 68.0 Å². The first-order valence-corrected chi connectivity index (χ1v) is 7.13. The molecule has 0 saturated carbocycles. The number of hydrogen-bond donors (Lipinski definition) is 1. The molecule has 1 N–H and O–H groups in total. The lowest BCUT2D eigenvalue weighted by Gasteiger charge is -2.08. The average molecular weight is 311 g/mol. The van der Waals surface area contributed by atoms with Gasteiger partial charge in [-0.15, -0.1) is 5.10 Å². The highest BCUT2D eigenvalue weighted by molar-refractivity contribution is 5.86. The van der Waals surface area contributed by atoms with Crippen molar-refractivity contribution in [3.05, 3.63) is 77.4 Å². The minimum absolute atomic E-state index is 0.149. The smallest absolute Gasteiger partial charge is 0.358 e. The van der Waals surface area contributed by atoms with Gasteiger partial charge in [0.05, 0.1) is 5.69 Å². The number of carboxylic acids is 1. The van der Waals surface area contributed by atoms with Crippen LogP contribution in [0.15, 0.2) is 54.6 Å². The second-order valence-corrected chi connectivity index (χ2v) is 5.04. The SMILES string of the molecule is O=C(O)c1nnn(-c2ccccc2F)c1CCc1ccccc1. The van der Waals surface area contributed by atoms with Crippen molar-refractivity contribution in [1.82, 2.24) is 15.0 Å². The Bertz CT molecular complexity index is 831. The van der Waals surface area contributed by atoms with Crippen molar-refractivity contribution >= 4 is 5.97 Å². The minimum Gasteiger partial charge on any atom is -0.476 e. The third-order valence-electron chi connectivity index (χ3n) is 3.54. The van der Waals surface area contributed by atoms with Gasteiger partial charge < -0.3 is 5.11 Å². The van der Waals surface area contributed by atoms with Gasteiger partial charge in [0.1, 0.15) is 11.5 Å². The van der Waals surface area contributed by atoms with E-state index in [1.807, 2.05) is 30.3 Å². The Morgan fingerprint density at radius 3 is 2.43 bits per heavy atom.